The molecule has 2 saturated heterocycles. The van der Waals surface area contributed by atoms with Crippen LogP contribution in [0.2, 0.25) is 0 Å². The van der Waals surface area contributed by atoms with Gasteiger partial charge in [-0.1, -0.05) is 6.07 Å². The molecule has 4 nitrogen and oxygen atoms in total. The maximum Gasteiger partial charge on any atom is 0.416 e. The van der Waals surface area contributed by atoms with Gasteiger partial charge in [-0.2, -0.15) is 13.2 Å². The van der Waals surface area contributed by atoms with Crippen molar-refractivity contribution in [1.82, 2.24) is 9.80 Å². The quantitative estimate of drug-likeness (QED) is 0.771. The van der Waals surface area contributed by atoms with Crippen LogP contribution in [0.5, 0.6) is 0 Å². The molecule has 0 spiro atoms. The molecular formula is C19H26F3N3OS. The minimum absolute atomic E-state index is 0.130. The van der Waals surface area contributed by atoms with Crippen LogP contribution in [0.25, 0.3) is 0 Å². The maximum absolute atomic E-state index is 13.0. The number of anilines is 1. The van der Waals surface area contributed by atoms with Crippen molar-refractivity contribution in [2.75, 3.05) is 38.6 Å². The predicted molar refractivity (Wildman–Crippen MR) is 104 cm³/mol. The van der Waals surface area contributed by atoms with Crippen LogP contribution >= 0.6 is 12.2 Å². The van der Waals surface area contributed by atoms with Crippen LogP contribution in [0.1, 0.15) is 31.2 Å². The van der Waals surface area contributed by atoms with Gasteiger partial charge in [-0.05, 0) is 76.2 Å². The molecule has 150 valence electrons. The van der Waals surface area contributed by atoms with Crippen LogP contribution in [0.15, 0.2) is 24.3 Å². The molecular weight excluding hydrogens is 375 g/mol. The Hall–Kier alpha value is -1.38. The Balaban J connectivity index is 1.72. The summed E-state index contributed by atoms with van der Waals surface area (Å²) in [6, 6.07) is 5.45. The van der Waals surface area contributed by atoms with E-state index in [1.165, 1.54) is 6.07 Å². The smallest absolute Gasteiger partial charge is 0.376 e. The average molecular weight is 401 g/mol. The minimum Gasteiger partial charge on any atom is -0.376 e. The Labute approximate surface area is 163 Å². The molecule has 0 bridgehead atoms. The second-order valence-corrected chi connectivity index (χ2v) is 7.72. The lowest BCUT2D eigenvalue weighted by Crippen LogP contribution is -2.50. The normalized spacial score (nSPS) is 22.0. The van der Waals surface area contributed by atoms with Crippen molar-refractivity contribution >= 4 is 23.0 Å². The van der Waals surface area contributed by atoms with Crippen LogP contribution in [-0.2, 0) is 10.9 Å². The van der Waals surface area contributed by atoms with Crippen molar-refractivity contribution < 1.29 is 17.9 Å². The Morgan fingerprint density at radius 1 is 1.30 bits per heavy atom. The molecule has 0 saturated carbocycles. The molecule has 0 aromatic heterocycles. The molecule has 27 heavy (non-hydrogen) atoms. The Kier molecular flexibility index (Phi) is 6.60. The van der Waals surface area contributed by atoms with Gasteiger partial charge in [0.25, 0.3) is 0 Å². The van der Waals surface area contributed by atoms with Gasteiger partial charge in [-0.15, -0.1) is 0 Å². The lowest BCUT2D eigenvalue weighted by atomic mass is 10.0. The number of nitrogens with one attached hydrogen (secondary N) is 1. The van der Waals surface area contributed by atoms with Crippen molar-refractivity contribution in [3.05, 3.63) is 29.8 Å². The van der Waals surface area contributed by atoms with Gasteiger partial charge in [0.05, 0.1) is 11.7 Å². The van der Waals surface area contributed by atoms with Crippen LogP contribution in [-0.4, -0.2) is 60.3 Å². The lowest BCUT2D eigenvalue weighted by Gasteiger charge is -2.39. The SMILES string of the molecule is CN1CCC(N(CC2CCCO2)C(=S)Nc2cccc(C(F)(F)F)c2)CC1. The predicted octanol–water partition coefficient (Wildman–Crippen LogP) is 3.98. The van der Waals surface area contributed by atoms with E-state index in [4.69, 9.17) is 17.0 Å². The summed E-state index contributed by atoms with van der Waals surface area (Å²) in [6.45, 7) is 3.41. The molecule has 2 aliphatic rings. The number of thiocarbonyl (C=S) groups is 1. The highest BCUT2D eigenvalue weighted by atomic mass is 32.1. The summed E-state index contributed by atoms with van der Waals surface area (Å²) in [4.78, 5) is 4.41. The first-order valence-electron chi connectivity index (χ1n) is 9.38. The highest BCUT2D eigenvalue weighted by molar-refractivity contribution is 7.80. The maximum atomic E-state index is 13.0. The molecule has 2 heterocycles. The molecule has 0 aliphatic carbocycles. The molecule has 2 aliphatic heterocycles. The van der Waals surface area contributed by atoms with E-state index in [0.29, 0.717) is 17.3 Å². The number of piperidine rings is 1. The zero-order chi connectivity index (χ0) is 19.4. The van der Waals surface area contributed by atoms with Gasteiger partial charge < -0.3 is 19.9 Å². The third-order valence-corrected chi connectivity index (χ3v) is 5.59. The van der Waals surface area contributed by atoms with Gasteiger partial charge in [0.1, 0.15) is 0 Å². The van der Waals surface area contributed by atoms with Crippen molar-refractivity contribution in [2.45, 2.75) is 44.0 Å². The van der Waals surface area contributed by atoms with Crippen molar-refractivity contribution in [3.8, 4) is 0 Å². The van der Waals surface area contributed by atoms with Gasteiger partial charge in [-0.25, -0.2) is 0 Å². The highest BCUT2D eigenvalue weighted by Gasteiger charge is 2.31. The first-order valence-corrected chi connectivity index (χ1v) is 9.79. The number of benzene rings is 1. The number of halogens is 3. The molecule has 0 amide bonds. The molecule has 0 radical (unpaired) electrons. The zero-order valence-corrected chi connectivity index (χ0v) is 16.3. The van der Waals surface area contributed by atoms with E-state index < -0.39 is 11.7 Å². The lowest BCUT2D eigenvalue weighted by molar-refractivity contribution is -0.137. The third-order valence-electron chi connectivity index (χ3n) is 5.26. The number of alkyl halides is 3. The van der Waals surface area contributed by atoms with Crippen LogP contribution in [0, 0.1) is 0 Å². The Morgan fingerprint density at radius 2 is 2.04 bits per heavy atom. The largest absolute Gasteiger partial charge is 0.416 e. The summed E-state index contributed by atoms with van der Waals surface area (Å²) in [6.07, 6.45) is -0.244. The minimum atomic E-state index is -4.37. The van der Waals surface area contributed by atoms with Crippen LogP contribution in [0.3, 0.4) is 0 Å². The fourth-order valence-electron chi connectivity index (χ4n) is 3.68. The van der Waals surface area contributed by atoms with Crippen molar-refractivity contribution in [3.63, 3.8) is 0 Å². The van der Waals surface area contributed by atoms with Gasteiger partial charge >= 0.3 is 6.18 Å². The van der Waals surface area contributed by atoms with E-state index in [9.17, 15) is 13.2 Å². The summed E-state index contributed by atoms with van der Waals surface area (Å²) in [5.74, 6) is 0. The van der Waals surface area contributed by atoms with E-state index in [2.05, 4.69) is 22.2 Å². The summed E-state index contributed by atoms with van der Waals surface area (Å²) in [5.41, 5.74) is -0.319. The molecule has 1 unspecified atom stereocenters. The van der Waals surface area contributed by atoms with Gasteiger partial charge in [0, 0.05) is 24.9 Å². The van der Waals surface area contributed by atoms with E-state index >= 15 is 0 Å². The summed E-state index contributed by atoms with van der Waals surface area (Å²) >= 11 is 5.60. The van der Waals surface area contributed by atoms with E-state index in [1.807, 2.05) is 0 Å². The van der Waals surface area contributed by atoms with E-state index in [0.717, 1.165) is 57.5 Å². The van der Waals surface area contributed by atoms with E-state index in [1.54, 1.807) is 6.07 Å². The number of hydrogen-bond acceptors (Lipinski definition) is 3. The standard InChI is InChI=1S/C19H26F3N3OS/c1-24-9-7-16(8-10-24)25(13-17-6-3-11-26-17)18(27)23-15-5-2-4-14(12-15)19(20,21)22/h2,4-5,12,16-17H,3,6-11,13H2,1H3,(H,23,27). The Bertz CT molecular complexity index is 641. The molecule has 1 atom stereocenters. The molecule has 2 fully saturated rings. The zero-order valence-electron chi connectivity index (χ0n) is 15.5. The second-order valence-electron chi connectivity index (χ2n) is 7.33. The fraction of sp³-hybridized carbons (Fsp3) is 0.632. The van der Waals surface area contributed by atoms with Crippen LogP contribution in [0.4, 0.5) is 18.9 Å². The van der Waals surface area contributed by atoms with Crippen molar-refractivity contribution in [1.29, 1.82) is 0 Å². The van der Waals surface area contributed by atoms with Crippen molar-refractivity contribution in [2.24, 2.45) is 0 Å². The summed E-state index contributed by atoms with van der Waals surface area (Å²) < 4.78 is 44.7. The van der Waals surface area contributed by atoms with Gasteiger partial charge in [0.2, 0.25) is 0 Å². The second kappa shape index (κ2) is 8.75. The highest BCUT2D eigenvalue weighted by Crippen LogP contribution is 2.31. The van der Waals surface area contributed by atoms with Gasteiger partial charge in [0.15, 0.2) is 5.11 Å². The summed E-state index contributed by atoms with van der Waals surface area (Å²) in [7, 11) is 2.10. The third kappa shape index (κ3) is 5.56. The first-order chi connectivity index (χ1) is 12.8. The number of nitrogens with zero attached hydrogens (tertiary/aromatic N) is 2. The topological polar surface area (TPSA) is 27.7 Å². The Morgan fingerprint density at radius 3 is 2.67 bits per heavy atom. The molecule has 1 N–H and O–H groups in total. The number of likely N-dealkylation sites (tertiary alicyclic amines) is 1. The molecule has 1 aromatic rings. The summed E-state index contributed by atoms with van der Waals surface area (Å²) in [5, 5.41) is 3.50. The fourth-order valence-corrected chi connectivity index (χ4v) is 4.02. The van der Waals surface area contributed by atoms with Gasteiger partial charge in [-0.3, -0.25) is 0 Å². The molecule has 3 rings (SSSR count). The number of hydrogen-bond donors (Lipinski definition) is 1. The van der Waals surface area contributed by atoms with E-state index in [-0.39, 0.29) is 12.1 Å². The molecule has 1 aromatic carbocycles. The first kappa shape index (κ1) is 20.4. The monoisotopic (exact) mass is 401 g/mol. The van der Waals surface area contributed by atoms with Crippen LogP contribution < -0.4 is 5.32 Å². The number of ether oxygens (including phenoxy) is 1. The number of rotatable bonds is 4. The average Bonchev–Trinajstić information content (AvgIpc) is 3.13. The molecule has 8 heteroatoms.